The molecule has 3 aromatic carbocycles. The van der Waals surface area contributed by atoms with Crippen LogP contribution in [0.25, 0.3) is 0 Å². The standard InChI is InChI=1S/C26H28Br2N2O3S/c1-29(2)34(32,33)25-14-8-21(9-15-25)18-26(31)30(3)24(16-19-4-10-22(27)11-5-19)17-20-6-12-23(28)13-7-20/h4-15,24H,16-18H2,1-3H3. The summed E-state index contributed by atoms with van der Waals surface area (Å²) in [6.07, 6.45) is 1.66. The molecule has 0 fully saturated rings. The van der Waals surface area contributed by atoms with Crippen molar-refractivity contribution in [1.29, 1.82) is 0 Å². The monoisotopic (exact) mass is 606 g/mol. The highest BCUT2D eigenvalue weighted by molar-refractivity contribution is 9.10. The van der Waals surface area contributed by atoms with E-state index >= 15 is 0 Å². The Balaban J connectivity index is 1.77. The predicted octanol–water partition coefficient (Wildman–Crippen LogP) is 5.32. The summed E-state index contributed by atoms with van der Waals surface area (Å²) in [5.41, 5.74) is 3.09. The Bertz CT molecular complexity index is 1160. The number of amides is 1. The number of likely N-dealkylation sites (N-methyl/N-ethyl adjacent to an activating group) is 1. The summed E-state index contributed by atoms with van der Waals surface area (Å²) < 4.78 is 27.8. The van der Waals surface area contributed by atoms with Gasteiger partial charge in [0.25, 0.3) is 0 Å². The topological polar surface area (TPSA) is 57.7 Å². The van der Waals surface area contributed by atoms with Gasteiger partial charge in [-0.05, 0) is 65.9 Å². The first-order chi connectivity index (χ1) is 16.1. The van der Waals surface area contributed by atoms with Crippen LogP contribution < -0.4 is 0 Å². The molecule has 1 amide bonds. The van der Waals surface area contributed by atoms with Crippen LogP contribution in [-0.2, 0) is 34.1 Å². The fourth-order valence-electron chi connectivity index (χ4n) is 3.62. The molecule has 3 rings (SSSR count). The number of sulfonamides is 1. The molecule has 0 aromatic heterocycles. The number of nitrogens with zero attached hydrogens (tertiary/aromatic N) is 2. The van der Waals surface area contributed by atoms with Crippen molar-refractivity contribution in [1.82, 2.24) is 9.21 Å². The van der Waals surface area contributed by atoms with Crippen LogP contribution in [0.3, 0.4) is 0 Å². The van der Waals surface area contributed by atoms with Gasteiger partial charge in [0.05, 0.1) is 11.3 Å². The van der Waals surface area contributed by atoms with E-state index in [-0.39, 0.29) is 23.3 Å². The third-order valence-electron chi connectivity index (χ3n) is 5.77. The van der Waals surface area contributed by atoms with Crippen LogP contribution in [0.1, 0.15) is 16.7 Å². The van der Waals surface area contributed by atoms with Crippen molar-refractivity contribution in [3.8, 4) is 0 Å². The SMILES string of the molecule is CN(C(=O)Cc1ccc(S(=O)(=O)N(C)C)cc1)C(Cc1ccc(Br)cc1)Cc1ccc(Br)cc1. The minimum atomic E-state index is -3.50. The average molecular weight is 608 g/mol. The molecule has 0 heterocycles. The number of rotatable bonds is 9. The lowest BCUT2D eigenvalue weighted by Gasteiger charge is -2.29. The molecular weight excluding hydrogens is 580 g/mol. The highest BCUT2D eigenvalue weighted by Gasteiger charge is 2.22. The van der Waals surface area contributed by atoms with Gasteiger partial charge in [-0.25, -0.2) is 12.7 Å². The summed E-state index contributed by atoms with van der Waals surface area (Å²) in [5, 5.41) is 0. The Hall–Kier alpha value is -2.00. The Labute approximate surface area is 219 Å². The molecule has 8 heteroatoms. The van der Waals surface area contributed by atoms with Gasteiger partial charge < -0.3 is 4.90 Å². The molecule has 5 nitrogen and oxygen atoms in total. The van der Waals surface area contributed by atoms with E-state index in [1.807, 2.05) is 36.2 Å². The van der Waals surface area contributed by atoms with Crippen molar-refractivity contribution in [2.45, 2.75) is 30.2 Å². The molecule has 0 bridgehead atoms. The normalized spacial score (nSPS) is 11.7. The summed E-state index contributed by atoms with van der Waals surface area (Å²) >= 11 is 6.95. The van der Waals surface area contributed by atoms with Gasteiger partial charge in [0.2, 0.25) is 15.9 Å². The number of hydrogen-bond donors (Lipinski definition) is 0. The zero-order chi connectivity index (χ0) is 24.9. The summed E-state index contributed by atoms with van der Waals surface area (Å²) in [5.74, 6) is -0.0116. The van der Waals surface area contributed by atoms with Crippen molar-refractivity contribution >= 4 is 47.8 Å². The average Bonchev–Trinajstić information content (AvgIpc) is 2.81. The van der Waals surface area contributed by atoms with Crippen LogP contribution in [-0.4, -0.2) is 50.7 Å². The van der Waals surface area contributed by atoms with Crippen LogP contribution in [0.4, 0.5) is 0 Å². The quantitative estimate of drug-likeness (QED) is 0.331. The molecular formula is C26H28Br2N2O3S. The summed E-state index contributed by atoms with van der Waals surface area (Å²) in [6, 6.07) is 22.8. The molecule has 0 atom stereocenters. The molecule has 0 aliphatic heterocycles. The molecule has 34 heavy (non-hydrogen) atoms. The van der Waals surface area contributed by atoms with E-state index < -0.39 is 10.0 Å². The van der Waals surface area contributed by atoms with Gasteiger partial charge in [-0.1, -0.05) is 68.3 Å². The second-order valence-corrected chi connectivity index (χ2v) is 12.4. The van der Waals surface area contributed by atoms with E-state index in [0.29, 0.717) is 0 Å². The smallest absolute Gasteiger partial charge is 0.242 e. The first-order valence-corrected chi connectivity index (χ1v) is 13.8. The predicted molar refractivity (Wildman–Crippen MR) is 143 cm³/mol. The van der Waals surface area contributed by atoms with Crippen molar-refractivity contribution in [2.75, 3.05) is 21.1 Å². The molecule has 3 aromatic rings. The second-order valence-electron chi connectivity index (χ2n) is 8.43. The summed E-state index contributed by atoms with van der Waals surface area (Å²) in [6.45, 7) is 0. The van der Waals surface area contributed by atoms with E-state index in [2.05, 4.69) is 56.1 Å². The number of carbonyl (C=O) groups excluding carboxylic acids is 1. The van der Waals surface area contributed by atoms with E-state index in [1.54, 1.807) is 24.3 Å². The Morgan fingerprint density at radius 1 is 0.735 bits per heavy atom. The Morgan fingerprint density at radius 2 is 1.15 bits per heavy atom. The maximum absolute atomic E-state index is 13.2. The highest BCUT2D eigenvalue weighted by Crippen LogP contribution is 2.20. The molecule has 0 saturated heterocycles. The van der Waals surface area contributed by atoms with Crippen molar-refractivity contribution < 1.29 is 13.2 Å². The first kappa shape index (κ1) is 26.6. The van der Waals surface area contributed by atoms with Gasteiger partial charge in [-0.2, -0.15) is 0 Å². The second kappa shape index (κ2) is 11.6. The lowest BCUT2D eigenvalue weighted by atomic mass is 9.97. The number of hydrogen-bond acceptors (Lipinski definition) is 3. The maximum Gasteiger partial charge on any atom is 0.242 e. The van der Waals surface area contributed by atoms with E-state index in [1.165, 1.54) is 18.4 Å². The fourth-order valence-corrected chi connectivity index (χ4v) is 5.05. The van der Waals surface area contributed by atoms with Crippen LogP contribution in [0, 0.1) is 0 Å². The number of carbonyl (C=O) groups is 1. The molecule has 0 radical (unpaired) electrons. The third kappa shape index (κ3) is 7.01. The number of halogens is 2. The maximum atomic E-state index is 13.2. The van der Waals surface area contributed by atoms with Gasteiger partial charge >= 0.3 is 0 Å². The van der Waals surface area contributed by atoms with Crippen molar-refractivity contribution in [3.63, 3.8) is 0 Å². The molecule has 0 aliphatic rings. The summed E-state index contributed by atoms with van der Waals surface area (Å²) in [4.78, 5) is 15.2. The first-order valence-electron chi connectivity index (χ1n) is 10.8. The van der Waals surface area contributed by atoms with E-state index in [9.17, 15) is 13.2 Å². The largest absolute Gasteiger partial charge is 0.342 e. The Morgan fingerprint density at radius 3 is 1.56 bits per heavy atom. The molecule has 0 saturated carbocycles. The van der Waals surface area contributed by atoms with Crippen molar-refractivity contribution in [3.05, 3.63) is 98.4 Å². The zero-order valence-electron chi connectivity index (χ0n) is 19.4. The Kier molecular flexibility index (Phi) is 9.09. The van der Waals surface area contributed by atoms with Crippen LogP contribution >= 0.6 is 31.9 Å². The van der Waals surface area contributed by atoms with Gasteiger partial charge in [0, 0.05) is 36.1 Å². The van der Waals surface area contributed by atoms with E-state index in [0.717, 1.165) is 38.5 Å². The third-order valence-corrected chi connectivity index (χ3v) is 8.65. The molecule has 0 unspecified atom stereocenters. The van der Waals surface area contributed by atoms with E-state index in [4.69, 9.17) is 0 Å². The lowest BCUT2D eigenvalue weighted by molar-refractivity contribution is -0.131. The minimum absolute atomic E-state index is 0.0116. The zero-order valence-corrected chi connectivity index (χ0v) is 23.4. The van der Waals surface area contributed by atoms with Crippen molar-refractivity contribution in [2.24, 2.45) is 0 Å². The molecule has 0 aliphatic carbocycles. The minimum Gasteiger partial charge on any atom is -0.342 e. The van der Waals surface area contributed by atoms with Gasteiger partial charge in [0.1, 0.15) is 0 Å². The van der Waals surface area contributed by atoms with Gasteiger partial charge in [0.15, 0.2) is 0 Å². The van der Waals surface area contributed by atoms with Crippen LogP contribution in [0.15, 0.2) is 86.6 Å². The van der Waals surface area contributed by atoms with Gasteiger partial charge in [-0.15, -0.1) is 0 Å². The summed E-state index contributed by atoms with van der Waals surface area (Å²) in [7, 11) is 1.34. The van der Waals surface area contributed by atoms with Crippen LogP contribution in [0.5, 0.6) is 0 Å². The molecule has 0 spiro atoms. The highest BCUT2D eigenvalue weighted by atomic mass is 79.9. The lowest BCUT2D eigenvalue weighted by Crippen LogP contribution is -2.40. The van der Waals surface area contributed by atoms with Crippen LogP contribution in [0.2, 0.25) is 0 Å². The molecule has 180 valence electrons. The number of benzene rings is 3. The fraction of sp³-hybridized carbons (Fsp3) is 0.269. The molecule has 0 N–H and O–H groups in total. The van der Waals surface area contributed by atoms with Gasteiger partial charge in [-0.3, -0.25) is 4.79 Å².